The lowest BCUT2D eigenvalue weighted by Crippen LogP contribution is -2.34. The van der Waals surface area contributed by atoms with Gasteiger partial charge in [-0.05, 0) is 12.8 Å². The average molecular weight is 117 g/mol. The van der Waals surface area contributed by atoms with Gasteiger partial charge in [-0.25, -0.2) is 4.39 Å². The summed E-state index contributed by atoms with van der Waals surface area (Å²) in [5.41, 5.74) is 5.40. The Hall–Kier alpha value is -0.110. The van der Waals surface area contributed by atoms with Gasteiger partial charge < -0.3 is 5.73 Å². The first kappa shape index (κ1) is 6.02. The molecule has 0 aromatic rings. The van der Waals surface area contributed by atoms with E-state index < -0.39 is 6.17 Å². The Morgan fingerprint density at radius 2 is 1.88 bits per heavy atom. The van der Waals surface area contributed by atoms with E-state index in [1.165, 1.54) is 0 Å². The maximum absolute atomic E-state index is 12.5. The lowest BCUT2D eigenvalue weighted by atomic mass is 9.95. The van der Waals surface area contributed by atoms with E-state index in [9.17, 15) is 4.39 Å². The minimum absolute atomic E-state index is 0.163. The SMILES string of the molecule is N[C@@H]1CCCC[C@@H]1F. The summed E-state index contributed by atoms with van der Waals surface area (Å²) in [7, 11) is 0. The van der Waals surface area contributed by atoms with Gasteiger partial charge >= 0.3 is 0 Å². The molecule has 1 rings (SSSR count). The van der Waals surface area contributed by atoms with E-state index in [2.05, 4.69) is 0 Å². The predicted molar refractivity (Wildman–Crippen MR) is 31.3 cm³/mol. The van der Waals surface area contributed by atoms with Crippen molar-refractivity contribution >= 4 is 0 Å². The maximum Gasteiger partial charge on any atom is 0.115 e. The molecular weight excluding hydrogens is 105 g/mol. The second-order valence-electron chi connectivity index (χ2n) is 2.46. The summed E-state index contributed by atoms with van der Waals surface area (Å²) in [5.74, 6) is 0. The van der Waals surface area contributed by atoms with Crippen molar-refractivity contribution in [3.8, 4) is 0 Å². The lowest BCUT2D eigenvalue weighted by molar-refractivity contribution is 0.218. The third-order valence-electron chi connectivity index (χ3n) is 1.73. The molecule has 2 N–H and O–H groups in total. The quantitative estimate of drug-likeness (QED) is 0.507. The fraction of sp³-hybridized carbons (Fsp3) is 1.00. The first-order valence-electron chi connectivity index (χ1n) is 3.20. The summed E-state index contributed by atoms with van der Waals surface area (Å²) in [6.07, 6.45) is 2.97. The Balaban J connectivity index is 2.28. The molecule has 0 unspecified atom stereocenters. The highest BCUT2D eigenvalue weighted by atomic mass is 19.1. The van der Waals surface area contributed by atoms with Gasteiger partial charge in [0.1, 0.15) is 6.17 Å². The Morgan fingerprint density at radius 1 is 1.25 bits per heavy atom. The van der Waals surface area contributed by atoms with Gasteiger partial charge in [-0.3, -0.25) is 0 Å². The highest BCUT2D eigenvalue weighted by molar-refractivity contribution is 4.76. The highest BCUT2D eigenvalue weighted by Gasteiger charge is 2.19. The number of hydrogen-bond acceptors (Lipinski definition) is 1. The van der Waals surface area contributed by atoms with Gasteiger partial charge in [-0.1, -0.05) is 12.8 Å². The van der Waals surface area contributed by atoms with Crippen LogP contribution in [0.15, 0.2) is 0 Å². The largest absolute Gasteiger partial charge is 0.325 e. The van der Waals surface area contributed by atoms with Gasteiger partial charge in [-0.2, -0.15) is 0 Å². The van der Waals surface area contributed by atoms with Gasteiger partial charge in [0.05, 0.1) is 0 Å². The van der Waals surface area contributed by atoms with E-state index in [1.807, 2.05) is 0 Å². The van der Waals surface area contributed by atoms with Crippen LogP contribution in [-0.2, 0) is 0 Å². The molecule has 0 aromatic carbocycles. The van der Waals surface area contributed by atoms with Crippen LogP contribution in [0.25, 0.3) is 0 Å². The molecule has 1 fully saturated rings. The Labute approximate surface area is 49.1 Å². The van der Waals surface area contributed by atoms with Gasteiger partial charge in [-0.15, -0.1) is 0 Å². The molecule has 0 amide bonds. The summed E-state index contributed by atoms with van der Waals surface area (Å²) in [6.45, 7) is 0. The van der Waals surface area contributed by atoms with Crippen LogP contribution in [0.4, 0.5) is 4.39 Å². The fourth-order valence-corrected chi connectivity index (χ4v) is 1.11. The molecule has 0 spiro atoms. The molecule has 0 aromatic heterocycles. The lowest BCUT2D eigenvalue weighted by Gasteiger charge is -2.21. The predicted octanol–water partition coefficient (Wildman–Crippen LogP) is 1.23. The van der Waals surface area contributed by atoms with E-state index in [4.69, 9.17) is 5.73 Å². The number of rotatable bonds is 0. The van der Waals surface area contributed by atoms with E-state index in [0.717, 1.165) is 19.3 Å². The summed E-state index contributed by atoms with van der Waals surface area (Å²) < 4.78 is 12.5. The number of alkyl halides is 1. The van der Waals surface area contributed by atoms with Crippen LogP contribution < -0.4 is 5.73 Å². The normalized spacial score (nSPS) is 39.8. The monoisotopic (exact) mass is 117 g/mol. The van der Waals surface area contributed by atoms with Crippen LogP contribution >= 0.6 is 0 Å². The van der Waals surface area contributed by atoms with Crippen molar-refractivity contribution in [2.75, 3.05) is 0 Å². The van der Waals surface area contributed by atoms with Crippen molar-refractivity contribution in [1.82, 2.24) is 0 Å². The minimum Gasteiger partial charge on any atom is -0.325 e. The van der Waals surface area contributed by atoms with Crippen LogP contribution in [0.3, 0.4) is 0 Å². The first-order chi connectivity index (χ1) is 3.80. The van der Waals surface area contributed by atoms with Crippen LogP contribution in [0.5, 0.6) is 0 Å². The molecule has 48 valence electrons. The van der Waals surface area contributed by atoms with E-state index in [1.54, 1.807) is 0 Å². The van der Waals surface area contributed by atoms with Crippen molar-refractivity contribution in [1.29, 1.82) is 0 Å². The van der Waals surface area contributed by atoms with Crippen LogP contribution in [0, 0.1) is 0 Å². The Bertz CT molecular complexity index is 64.9. The van der Waals surface area contributed by atoms with Crippen LogP contribution in [-0.4, -0.2) is 12.2 Å². The van der Waals surface area contributed by atoms with Gasteiger partial charge in [0.15, 0.2) is 0 Å². The molecule has 1 aliphatic carbocycles. The summed E-state index contributed by atoms with van der Waals surface area (Å²) >= 11 is 0. The van der Waals surface area contributed by atoms with E-state index in [0.29, 0.717) is 6.42 Å². The first-order valence-corrected chi connectivity index (χ1v) is 3.20. The van der Waals surface area contributed by atoms with Crippen molar-refractivity contribution in [2.45, 2.75) is 37.9 Å². The molecule has 1 aliphatic rings. The number of hydrogen-bond donors (Lipinski definition) is 1. The third-order valence-corrected chi connectivity index (χ3v) is 1.73. The van der Waals surface area contributed by atoms with Crippen LogP contribution in [0.2, 0.25) is 0 Å². The van der Waals surface area contributed by atoms with E-state index >= 15 is 0 Å². The minimum atomic E-state index is -0.719. The van der Waals surface area contributed by atoms with Crippen molar-refractivity contribution in [2.24, 2.45) is 5.73 Å². The second kappa shape index (κ2) is 2.44. The van der Waals surface area contributed by atoms with E-state index in [-0.39, 0.29) is 6.04 Å². The molecule has 2 heteroatoms. The topological polar surface area (TPSA) is 26.0 Å². The smallest absolute Gasteiger partial charge is 0.115 e. The summed E-state index contributed by atoms with van der Waals surface area (Å²) in [6, 6.07) is -0.163. The van der Waals surface area contributed by atoms with Gasteiger partial charge in [0.25, 0.3) is 0 Å². The molecule has 0 heterocycles. The van der Waals surface area contributed by atoms with Crippen molar-refractivity contribution in [3.05, 3.63) is 0 Å². The molecule has 0 saturated heterocycles. The number of nitrogens with two attached hydrogens (primary N) is 1. The van der Waals surface area contributed by atoms with Crippen molar-refractivity contribution < 1.29 is 4.39 Å². The number of halogens is 1. The highest BCUT2D eigenvalue weighted by Crippen LogP contribution is 2.18. The molecule has 0 bridgehead atoms. The van der Waals surface area contributed by atoms with Crippen LogP contribution in [0.1, 0.15) is 25.7 Å². The molecular formula is C6H12FN. The standard InChI is InChI=1S/C6H12FN/c7-5-3-1-2-4-6(5)8/h5-6H,1-4,8H2/t5-,6+/m0/s1. The molecule has 1 saturated carbocycles. The maximum atomic E-state index is 12.5. The second-order valence-corrected chi connectivity index (χ2v) is 2.46. The molecule has 8 heavy (non-hydrogen) atoms. The average Bonchev–Trinajstić information content (AvgIpc) is 1.77. The Morgan fingerprint density at radius 3 is 2.25 bits per heavy atom. The zero-order valence-electron chi connectivity index (χ0n) is 4.94. The van der Waals surface area contributed by atoms with Gasteiger partial charge in [0.2, 0.25) is 0 Å². The molecule has 0 radical (unpaired) electrons. The zero-order valence-corrected chi connectivity index (χ0v) is 4.94. The third kappa shape index (κ3) is 1.19. The zero-order chi connectivity index (χ0) is 5.98. The molecule has 0 aliphatic heterocycles. The molecule has 2 atom stereocenters. The van der Waals surface area contributed by atoms with Gasteiger partial charge in [0, 0.05) is 6.04 Å². The molecule has 1 nitrogen and oxygen atoms in total. The Kier molecular flexibility index (Phi) is 1.84. The fourth-order valence-electron chi connectivity index (χ4n) is 1.11. The summed E-state index contributed by atoms with van der Waals surface area (Å²) in [5, 5.41) is 0. The summed E-state index contributed by atoms with van der Waals surface area (Å²) in [4.78, 5) is 0. The van der Waals surface area contributed by atoms with Crippen molar-refractivity contribution in [3.63, 3.8) is 0 Å².